The lowest BCUT2D eigenvalue weighted by molar-refractivity contribution is -0.123. The summed E-state index contributed by atoms with van der Waals surface area (Å²) in [5.41, 5.74) is 1.24. The molecule has 0 spiro atoms. The van der Waals surface area contributed by atoms with Crippen molar-refractivity contribution < 1.29 is 9.53 Å². The summed E-state index contributed by atoms with van der Waals surface area (Å²) in [4.78, 5) is 12.1. The van der Waals surface area contributed by atoms with Gasteiger partial charge in [0.05, 0.1) is 17.7 Å². The molecule has 1 aromatic rings. The Morgan fingerprint density at radius 2 is 2.17 bits per heavy atom. The van der Waals surface area contributed by atoms with E-state index in [1.165, 1.54) is 0 Å². The molecule has 0 aliphatic carbocycles. The predicted octanol–water partition coefficient (Wildman–Crippen LogP) is 2.87. The molecule has 0 bridgehead atoms. The van der Waals surface area contributed by atoms with Gasteiger partial charge in [-0.15, -0.1) is 0 Å². The van der Waals surface area contributed by atoms with Crippen molar-refractivity contribution in [1.29, 1.82) is 0 Å². The molecular weight excluding hydrogens is 228 g/mol. The van der Waals surface area contributed by atoms with Crippen LogP contribution in [0.15, 0.2) is 18.2 Å². The van der Waals surface area contributed by atoms with E-state index < -0.39 is 5.41 Å². The first-order valence-corrected chi connectivity index (χ1v) is 6.36. The zero-order valence-corrected chi connectivity index (χ0v) is 11.2. The lowest BCUT2D eigenvalue weighted by atomic mass is 9.93. The van der Waals surface area contributed by atoms with Crippen LogP contribution in [0.4, 0.5) is 11.4 Å². The highest BCUT2D eigenvalue weighted by Crippen LogP contribution is 2.37. The number of fused-ring (bicyclic) bond motifs is 1. The maximum atomic E-state index is 12.1. The summed E-state index contributed by atoms with van der Waals surface area (Å²) < 4.78 is 5.67. The second-order valence-corrected chi connectivity index (χ2v) is 5.22. The number of hydrogen-bond donors (Lipinski definition) is 2. The fourth-order valence-electron chi connectivity index (χ4n) is 1.82. The molecule has 0 fully saturated rings. The van der Waals surface area contributed by atoms with Crippen LogP contribution in [0.5, 0.6) is 5.75 Å². The molecule has 0 atom stereocenters. The van der Waals surface area contributed by atoms with Crippen LogP contribution in [-0.4, -0.2) is 19.1 Å². The van der Waals surface area contributed by atoms with Crippen molar-refractivity contribution in [2.24, 2.45) is 5.41 Å². The monoisotopic (exact) mass is 248 g/mol. The Labute approximate surface area is 108 Å². The van der Waals surface area contributed by atoms with Crippen LogP contribution < -0.4 is 15.4 Å². The van der Waals surface area contributed by atoms with Gasteiger partial charge in [0.25, 0.3) is 0 Å². The van der Waals surface area contributed by atoms with E-state index in [0.29, 0.717) is 13.2 Å². The number of anilines is 2. The number of rotatable bonds is 3. The van der Waals surface area contributed by atoms with Crippen LogP contribution in [0.1, 0.15) is 27.2 Å². The summed E-state index contributed by atoms with van der Waals surface area (Å²) >= 11 is 0. The summed E-state index contributed by atoms with van der Waals surface area (Å²) in [6, 6.07) is 5.77. The third kappa shape index (κ3) is 2.42. The molecule has 2 rings (SSSR count). The van der Waals surface area contributed by atoms with E-state index >= 15 is 0 Å². The maximum absolute atomic E-state index is 12.1. The van der Waals surface area contributed by atoms with Crippen LogP contribution in [0.25, 0.3) is 0 Å². The van der Waals surface area contributed by atoms with Crippen LogP contribution in [0.3, 0.4) is 0 Å². The van der Waals surface area contributed by atoms with Crippen LogP contribution >= 0.6 is 0 Å². The fourth-order valence-corrected chi connectivity index (χ4v) is 1.82. The van der Waals surface area contributed by atoms with E-state index in [2.05, 4.69) is 17.6 Å². The molecule has 1 aliphatic heterocycles. The van der Waals surface area contributed by atoms with Gasteiger partial charge in [-0.1, -0.05) is 13.0 Å². The minimum absolute atomic E-state index is 0.0151. The van der Waals surface area contributed by atoms with Gasteiger partial charge in [-0.3, -0.25) is 4.79 Å². The minimum Gasteiger partial charge on any atom is -0.491 e. The lowest BCUT2D eigenvalue weighted by Gasteiger charge is -2.19. The second kappa shape index (κ2) is 4.88. The molecule has 0 unspecified atom stereocenters. The fraction of sp³-hybridized carbons (Fsp3) is 0.500. The van der Waals surface area contributed by atoms with Crippen molar-refractivity contribution in [3.63, 3.8) is 0 Å². The van der Waals surface area contributed by atoms with Crippen molar-refractivity contribution in [1.82, 2.24) is 0 Å². The molecule has 98 valence electrons. The molecule has 4 heteroatoms. The van der Waals surface area contributed by atoms with Gasteiger partial charge >= 0.3 is 0 Å². The maximum Gasteiger partial charge on any atom is 0.231 e. The van der Waals surface area contributed by atoms with Crippen LogP contribution in [-0.2, 0) is 4.79 Å². The largest absolute Gasteiger partial charge is 0.491 e. The molecule has 0 saturated heterocycles. The number of carbonyl (C=O) groups excluding carboxylic acids is 1. The van der Waals surface area contributed by atoms with Gasteiger partial charge in [0.2, 0.25) is 5.91 Å². The molecule has 1 aliphatic rings. The van der Waals surface area contributed by atoms with Crippen molar-refractivity contribution in [3.05, 3.63) is 18.2 Å². The highest BCUT2D eigenvalue weighted by Gasteiger charge is 2.31. The quantitative estimate of drug-likeness (QED) is 0.864. The highest BCUT2D eigenvalue weighted by molar-refractivity contribution is 6.01. The Balaban J connectivity index is 2.33. The van der Waals surface area contributed by atoms with Gasteiger partial charge in [0, 0.05) is 6.54 Å². The molecule has 1 amide bonds. The minimum atomic E-state index is -0.430. The highest BCUT2D eigenvalue weighted by atomic mass is 16.5. The van der Waals surface area contributed by atoms with Crippen molar-refractivity contribution >= 4 is 17.3 Å². The van der Waals surface area contributed by atoms with Gasteiger partial charge < -0.3 is 15.4 Å². The lowest BCUT2D eigenvalue weighted by Crippen LogP contribution is -2.34. The molecule has 2 N–H and O–H groups in total. The van der Waals surface area contributed by atoms with E-state index in [1.807, 2.05) is 32.0 Å². The Bertz CT molecular complexity index is 455. The van der Waals surface area contributed by atoms with Gasteiger partial charge in [0.1, 0.15) is 11.4 Å². The van der Waals surface area contributed by atoms with Gasteiger partial charge in [-0.25, -0.2) is 0 Å². The summed E-state index contributed by atoms with van der Waals surface area (Å²) in [6.07, 6.45) is 0.941. The first-order chi connectivity index (χ1) is 8.54. The number of hydrogen-bond acceptors (Lipinski definition) is 3. The van der Waals surface area contributed by atoms with E-state index in [-0.39, 0.29) is 5.91 Å². The summed E-state index contributed by atoms with van der Waals surface area (Å²) in [5.74, 6) is 0.745. The summed E-state index contributed by atoms with van der Waals surface area (Å²) in [6.45, 7) is 7.17. The number of ether oxygens (including phenoxy) is 1. The van der Waals surface area contributed by atoms with Crippen molar-refractivity contribution in [3.8, 4) is 5.75 Å². The molecule has 0 radical (unpaired) electrons. The SMILES string of the molecule is CCCOc1cccc2c1NC(=O)C(C)(C)CN2. The Kier molecular flexibility index (Phi) is 3.45. The number of nitrogens with one attached hydrogen (secondary N) is 2. The normalized spacial score (nSPS) is 17.2. The predicted molar refractivity (Wildman–Crippen MR) is 73.1 cm³/mol. The topological polar surface area (TPSA) is 50.4 Å². The first kappa shape index (κ1) is 12.7. The number of amides is 1. The smallest absolute Gasteiger partial charge is 0.231 e. The van der Waals surface area contributed by atoms with Gasteiger partial charge in [0.15, 0.2) is 0 Å². The second-order valence-electron chi connectivity index (χ2n) is 5.22. The van der Waals surface area contributed by atoms with E-state index in [4.69, 9.17) is 4.74 Å². The molecule has 0 aromatic heterocycles. The van der Waals surface area contributed by atoms with E-state index in [9.17, 15) is 4.79 Å². The molecule has 4 nitrogen and oxygen atoms in total. The van der Waals surface area contributed by atoms with Gasteiger partial charge in [-0.2, -0.15) is 0 Å². The molecule has 1 aromatic carbocycles. The van der Waals surface area contributed by atoms with Crippen molar-refractivity contribution in [2.45, 2.75) is 27.2 Å². The summed E-state index contributed by atoms with van der Waals surface area (Å²) in [5, 5.41) is 6.26. The zero-order valence-electron chi connectivity index (χ0n) is 11.2. The zero-order chi connectivity index (χ0) is 13.2. The average Bonchev–Trinajstić information content (AvgIpc) is 2.46. The number of benzene rings is 1. The standard InChI is InChI=1S/C14H20N2O2/c1-4-8-18-11-7-5-6-10-12(11)16-13(17)14(2,3)9-15-10/h5-7,15H,4,8-9H2,1-3H3,(H,16,17). The van der Waals surface area contributed by atoms with Crippen molar-refractivity contribution in [2.75, 3.05) is 23.8 Å². The Morgan fingerprint density at radius 1 is 1.39 bits per heavy atom. The van der Waals surface area contributed by atoms with E-state index in [1.54, 1.807) is 0 Å². The number of carbonyl (C=O) groups is 1. The number of para-hydroxylation sites is 1. The van der Waals surface area contributed by atoms with Gasteiger partial charge in [-0.05, 0) is 32.4 Å². The van der Waals surface area contributed by atoms with Crippen LogP contribution in [0.2, 0.25) is 0 Å². The molecular formula is C14H20N2O2. The average molecular weight is 248 g/mol. The third-order valence-electron chi connectivity index (χ3n) is 3.06. The Hall–Kier alpha value is -1.71. The Morgan fingerprint density at radius 3 is 2.89 bits per heavy atom. The molecule has 18 heavy (non-hydrogen) atoms. The third-order valence-corrected chi connectivity index (χ3v) is 3.06. The summed E-state index contributed by atoms with van der Waals surface area (Å²) in [7, 11) is 0. The molecule has 1 heterocycles. The van der Waals surface area contributed by atoms with Crippen LogP contribution in [0, 0.1) is 5.41 Å². The molecule has 0 saturated carbocycles. The van der Waals surface area contributed by atoms with E-state index in [0.717, 1.165) is 23.5 Å². The first-order valence-electron chi connectivity index (χ1n) is 6.36.